The molecule has 2 N–H and O–H groups in total. The Kier molecular flexibility index (Phi) is 5.30. The summed E-state index contributed by atoms with van der Waals surface area (Å²) < 4.78 is 47.6. The average molecular weight is 315 g/mol. The van der Waals surface area contributed by atoms with Gasteiger partial charge in [-0.25, -0.2) is 16.8 Å². The van der Waals surface area contributed by atoms with Crippen molar-refractivity contribution in [1.82, 2.24) is 4.31 Å². The summed E-state index contributed by atoms with van der Waals surface area (Å²) in [7, 11) is -7.14. The molecule has 112 valence electrons. The lowest BCUT2D eigenvalue weighted by molar-refractivity contribution is -0.136. The highest BCUT2D eigenvalue weighted by Gasteiger charge is 2.37. The maximum absolute atomic E-state index is 12.0. The molecule has 0 aromatic carbocycles. The van der Waals surface area contributed by atoms with Gasteiger partial charge in [0.1, 0.15) is 0 Å². The van der Waals surface area contributed by atoms with Crippen LogP contribution in [0.1, 0.15) is 12.8 Å². The zero-order valence-corrected chi connectivity index (χ0v) is 11.9. The minimum absolute atomic E-state index is 0.0892. The lowest BCUT2D eigenvalue weighted by Gasteiger charge is -2.26. The zero-order chi connectivity index (χ0) is 14.7. The molecule has 1 aliphatic heterocycles. The standard InChI is InChI=1S/C9H17NO7S2/c11-4-3-10(8-1-5-18(14,15)7-8)19(16,17)6-2-9(12)13/h8,11H,1-7H2,(H,12,13). The van der Waals surface area contributed by atoms with Gasteiger partial charge in [0.2, 0.25) is 10.0 Å². The second-order valence-corrected chi connectivity index (χ2v) is 8.62. The Morgan fingerprint density at radius 1 is 1.37 bits per heavy atom. The van der Waals surface area contributed by atoms with Crippen LogP contribution in [0.2, 0.25) is 0 Å². The van der Waals surface area contributed by atoms with E-state index in [-0.39, 0.29) is 24.5 Å². The minimum atomic E-state index is -3.89. The third kappa shape index (κ3) is 4.71. The summed E-state index contributed by atoms with van der Waals surface area (Å²) in [6, 6.07) is -0.712. The van der Waals surface area contributed by atoms with Crippen LogP contribution in [-0.4, -0.2) is 73.8 Å². The van der Waals surface area contributed by atoms with Crippen molar-refractivity contribution in [2.45, 2.75) is 18.9 Å². The van der Waals surface area contributed by atoms with Crippen molar-refractivity contribution >= 4 is 25.8 Å². The molecule has 8 nitrogen and oxygen atoms in total. The van der Waals surface area contributed by atoms with Crippen LogP contribution >= 0.6 is 0 Å². The van der Waals surface area contributed by atoms with E-state index in [0.717, 1.165) is 4.31 Å². The summed E-state index contributed by atoms with van der Waals surface area (Å²) in [6.07, 6.45) is -0.377. The van der Waals surface area contributed by atoms with Gasteiger partial charge >= 0.3 is 5.97 Å². The van der Waals surface area contributed by atoms with Gasteiger partial charge in [-0.05, 0) is 6.42 Å². The predicted octanol–water partition coefficient (Wildman–Crippen LogP) is -1.73. The summed E-state index contributed by atoms with van der Waals surface area (Å²) >= 11 is 0. The van der Waals surface area contributed by atoms with Crippen molar-refractivity contribution in [3.05, 3.63) is 0 Å². The number of sulfonamides is 1. The van der Waals surface area contributed by atoms with Gasteiger partial charge < -0.3 is 10.2 Å². The molecule has 1 unspecified atom stereocenters. The van der Waals surface area contributed by atoms with Crippen molar-refractivity contribution in [2.75, 3.05) is 30.4 Å². The molecule has 1 atom stereocenters. The van der Waals surface area contributed by atoms with Gasteiger partial charge in [0, 0.05) is 12.6 Å². The number of carboxylic acid groups (broad SMARTS) is 1. The number of hydrogen-bond acceptors (Lipinski definition) is 6. The molecule has 10 heteroatoms. The lowest BCUT2D eigenvalue weighted by atomic mass is 10.3. The minimum Gasteiger partial charge on any atom is -0.481 e. The van der Waals surface area contributed by atoms with Crippen LogP contribution in [0.25, 0.3) is 0 Å². The fourth-order valence-electron chi connectivity index (χ4n) is 1.98. The third-order valence-corrected chi connectivity index (χ3v) is 6.53. The highest BCUT2D eigenvalue weighted by molar-refractivity contribution is 7.92. The summed E-state index contributed by atoms with van der Waals surface area (Å²) in [5.41, 5.74) is 0. The average Bonchev–Trinajstić information content (AvgIpc) is 2.63. The molecular formula is C9H17NO7S2. The van der Waals surface area contributed by atoms with Crippen LogP contribution in [0.4, 0.5) is 0 Å². The van der Waals surface area contributed by atoms with Crippen molar-refractivity contribution in [2.24, 2.45) is 0 Å². The molecule has 0 aromatic rings. The first-order valence-corrected chi connectivity index (χ1v) is 9.13. The third-order valence-electron chi connectivity index (χ3n) is 2.87. The molecule has 1 rings (SSSR count). The quantitative estimate of drug-likeness (QED) is 0.571. The fourth-order valence-corrected chi connectivity index (χ4v) is 5.47. The highest BCUT2D eigenvalue weighted by Crippen LogP contribution is 2.21. The number of hydrogen-bond donors (Lipinski definition) is 2. The van der Waals surface area contributed by atoms with Gasteiger partial charge in [-0.1, -0.05) is 0 Å². The van der Waals surface area contributed by atoms with Gasteiger partial charge in [0.05, 0.1) is 30.3 Å². The SMILES string of the molecule is O=C(O)CCS(=O)(=O)N(CCO)C1CCS(=O)(=O)C1. The second-order valence-electron chi connectivity index (χ2n) is 4.35. The van der Waals surface area contributed by atoms with E-state index in [1.807, 2.05) is 0 Å². The Balaban J connectivity index is 2.85. The van der Waals surface area contributed by atoms with Crippen LogP contribution in [0.3, 0.4) is 0 Å². The Hall–Kier alpha value is -0.710. The van der Waals surface area contributed by atoms with E-state index in [1.54, 1.807) is 0 Å². The molecule has 1 heterocycles. The fraction of sp³-hybridized carbons (Fsp3) is 0.889. The molecule has 1 aliphatic rings. The number of aliphatic hydroxyl groups is 1. The van der Waals surface area contributed by atoms with Crippen LogP contribution in [0.15, 0.2) is 0 Å². The molecule has 0 radical (unpaired) electrons. The summed E-state index contributed by atoms with van der Waals surface area (Å²) in [5.74, 6) is -2.21. The smallest absolute Gasteiger partial charge is 0.304 e. The topological polar surface area (TPSA) is 129 Å². The van der Waals surface area contributed by atoms with E-state index in [1.165, 1.54) is 0 Å². The number of nitrogens with zero attached hydrogens (tertiary/aromatic N) is 1. The Morgan fingerprint density at radius 3 is 2.42 bits per heavy atom. The maximum Gasteiger partial charge on any atom is 0.304 e. The van der Waals surface area contributed by atoms with Crippen molar-refractivity contribution in [3.63, 3.8) is 0 Å². The molecule has 0 aliphatic carbocycles. The molecule has 0 bridgehead atoms. The summed E-state index contributed by atoms with van der Waals surface area (Å²) in [5, 5.41) is 17.4. The largest absolute Gasteiger partial charge is 0.481 e. The van der Waals surface area contributed by atoms with Crippen LogP contribution < -0.4 is 0 Å². The maximum atomic E-state index is 12.0. The first-order valence-electron chi connectivity index (χ1n) is 5.70. The number of rotatable bonds is 7. The summed E-state index contributed by atoms with van der Waals surface area (Å²) in [4.78, 5) is 10.4. The highest BCUT2D eigenvalue weighted by atomic mass is 32.2. The van der Waals surface area contributed by atoms with E-state index in [2.05, 4.69) is 0 Å². The molecule has 1 fully saturated rings. The molecule has 0 spiro atoms. The Labute approximate surface area is 112 Å². The van der Waals surface area contributed by atoms with Gasteiger partial charge in [-0.15, -0.1) is 0 Å². The van der Waals surface area contributed by atoms with Crippen molar-refractivity contribution in [3.8, 4) is 0 Å². The Bertz CT molecular complexity index is 525. The lowest BCUT2D eigenvalue weighted by Crippen LogP contribution is -2.44. The molecule has 0 aromatic heterocycles. The molecular weight excluding hydrogens is 298 g/mol. The van der Waals surface area contributed by atoms with E-state index < -0.39 is 50.7 Å². The van der Waals surface area contributed by atoms with E-state index in [4.69, 9.17) is 10.2 Å². The zero-order valence-electron chi connectivity index (χ0n) is 10.2. The van der Waals surface area contributed by atoms with Gasteiger partial charge in [-0.3, -0.25) is 4.79 Å². The van der Waals surface area contributed by atoms with Gasteiger partial charge in [-0.2, -0.15) is 4.31 Å². The second kappa shape index (κ2) is 6.16. The van der Waals surface area contributed by atoms with E-state index >= 15 is 0 Å². The molecule has 0 saturated carbocycles. The number of aliphatic carboxylic acids is 1. The van der Waals surface area contributed by atoms with Crippen LogP contribution in [-0.2, 0) is 24.7 Å². The van der Waals surface area contributed by atoms with E-state index in [0.29, 0.717) is 0 Å². The number of aliphatic hydroxyl groups excluding tert-OH is 1. The summed E-state index contributed by atoms with van der Waals surface area (Å²) in [6.45, 7) is -0.662. The number of sulfone groups is 1. The van der Waals surface area contributed by atoms with Gasteiger partial charge in [0.25, 0.3) is 0 Å². The molecule has 0 amide bonds. The van der Waals surface area contributed by atoms with Crippen LogP contribution in [0, 0.1) is 0 Å². The monoisotopic (exact) mass is 315 g/mol. The normalized spacial score (nSPS) is 22.7. The first kappa shape index (κ1) is 16.3. The van der Waals surface area contributed by atoms with Crippen molar-refractivity contribution in [1.29, 1.82) is 0 Å². The first-order chi connectivity index (χ1) is 8.68. The van der Waals surface area contributed by atoms with Crippen LogP contribution in [0.5, 0.6) is 0 Å². The molecule has 19 heavy (non-hydrogen) atoms. The van der Waals surface area contributed by atoms with Crippen molar-refractivity contribution < 1.29 is 31.8 Å². The van der Waals surface area contributed by atoms with E-state index in [9.17, 15) is 21.6 Å². The van der Waals surface area contributed by atoms with Gasteiger partial charge in [0.15, 0.2) is 9.84 Å². The molecule has 1 saturated heterocycles. The number of carboxylic acids is 1. The Morgan fingerprint density at radius 2 is 2.00 bits per heavy atom. The number of carbonyl (C=O) groups is 1. The predicted molar refractivity (Wildman–Crippen MR) is 66.9 cm³/mol.